The molecule has 1 aromatic carbocycles. The zero-order chi connectivity index (χ0) is 16.5. The molecule has 5 nitrogen and oxygen atoms in total. The van der Waals surface area contributed by atoms with Crippen LogP contribution in [-0.4, -0.2) is 57.3 Å². The van der Waals surface area contributed by atoms with Gasteiger partial charge < -0.3 is 15.4 Å². The molecule has 0 aliphatic heterocycles. The molecule has 0 radical (unpaired) electrons. The van der Waals surface area contributed by atoms with Crippen LogP contribution >= 0.6 is 11.6 Å². The van der Waals surface area contributed by atoms with Crippen LogP contribution in [0, 0.1) is 0 Å². The second-order valence-electron chi connectivity index (χ2n) is 5.70. The molecule has 0 saturated heterocycles. The Morgan fingerprint density at radius 1 is 1.30 bits per heavy atom. The third-order valence-corrected chi connectivity index (χ3v) is 4.33. The average molecular weight is 339 g/mol. The molecule has 2 N–H and O–H groups in total. The highest BCUT2D eigenvalue weighted by molar-refractivity contribution is 6.31. The van der Waals surface area contributed by atoms with E-state index < -0.39 is 0 Å². The lowest BCUT2D eigenvalue weighted by Gasteiger charge is -2.22. The molecule has 1 aliphatic carbocycles. The minimum Gasteiger partial charge on any atom is -0.383 e. The molecule has 2 rings (SSSR count). The van der Waals surface area contributed by atoms with Crippen molar-refractivity contribution in [3.05, 3.63) is 34.9 Å². The molecular formula is C17H27ClN4O. The molecule has 0 heterocycles. The van der Waals surface area contributed by atoms with E-state index in [1.165, 1.54) is 12.8 Å². The van der Waals surface area contributed by atoms with Gasteiger partial charge in [-0.2, -0.15) is 0 Å². The van der Waals surface area contributed by atoms with E-state index >= 15 is 0 Å². The molecule has 1 aromatic rings. The summed E-state index contributed by atoms with van der Waals surface area (Å²) in [5.74, 6) is 0.799. The number of hydrogen-bond donors (Lipinski definition) is 2. The van der Waals surface area contributed by atoms with E-state index in [0.29, 0.717) is 6.54 Å². The first kappa shape index (κ1) is 18.0. The van der Waals surface area contributed by atoms with E-state index in [4.69, 9.17) is 16.3 Å². The van der Waals surface area contributed by atoms with Gasteiger partial charge in [-0.05, 0) is 24.5 Å². The van der Waals surface area contributed by atoms with Crippen LogP contribution in [0.15, 0.2) is 29.3 Å². The summed E-state index contributed by atoms with van der Waals surface area (Å²) in [5.41, 5.74) is 1.07. The Hall–Kier alpha value is -1.30. The van der Waals surface area contributed by atoms with Crippen molar-refractivity contribution in [2.75, 3.05) is 40.4 Å². The Morgan fingerprint density at radius 3 is 2.74 bits per heavy atom. The third kappa shape index (κ3) is 6.37. The minimum absolute atomic E-state index is 0.662. The maximum absolute atomic E-state index is 6.17. The Balaban J connectivity index is 1.71. The summed E-state index contributed by atoms with van der Waals surface area (Å²) in [6.07, 6.45) is 2.62. The van der Waals surface area contributed by atoms with Gasteiger partial charge in [0, 0.05) is 51.4 Å². The topological polar surface area (TPSA) is 48.9 Å². The number of nitrogens with one attached hydrogen (secondary N) is 2. The highest BCUT2D eigenvalue weighted by atomic mass is 35.5. The quantitative estimate of drug-likeness (QED) is 0.535. The highest BCUT2D eigenvalue weighted by Crippen LogP contribution is 2.25. The molecule has 1 saturated carbocycles. The third-order valence-electron chi connectivity index (χ3n) is 3.97. The zero-order valence-corrected chi connectivity index (χ0v) is 14.8. The number of halogens is 1. The largest absolute Gasteiger partial charge is 0.383 e. The summed E-state index contributed by atoms with van der Waals surface area (Å²) in [6, 6.07) is 8.58. The van der Waals surface area contributed by atoms with Gasteiger partial charge in [0.25, 0.3) is 0 Å². The molecule has 0 aromatic heterocycles. The standard InChI is InChI=1S/C17H27ClN4O/c1-19-17(21-13-14-5-3-4-6-16(14)18)20-9-10-22(11-12-23-2)15-7-8-15/h3-6,15H,7-13H2,1-2H3,(H2,19,20,21). The van der Waals surface area contributed by atoms with Crippen LogP contribution < -0.4 is 10.6 Å². The van der Waals surface area contributed by atoms with Crippen LogP contribution in [0.2, 0.25) is 5.02 Å². The van der Waals surface area contributed by atoms with Crippen molar-refractivity contribution in [3.8, 4) is 0 Å². The smallest absolute Gasteiger partial charge is 0.191 e. The van der Waals surface area contributed by atoms with Crippen LogP contribution in [0.25, 0.3) is 0 Å². The number of hydrogen-bond acceptors (Lipinski definition) is 3. The van der Waals surface area contributed by atoms with E-state index in [0.717, 1.165) is 48.8 Å². The highest BCUT2D eigenvalue weighted by Gasteiger charge is 2.28. The van der Waals surface area contributed by atoms with E-state index in [9.17, 15) is 0 Å². The summed E-state index contributed by atoms with van der Waals surface area (Å²) in [5, 5.41) is 7.43. The van der Waals surface area contributed by atoms with Gasteiger partial charge in [-0.1, -0.05) is 29.8 Å². The zero-order valence-electron chi connectivity index (χ0n) is 14.0. The molecule has 0 atom stereocenters. The predicted molar refractivity (Wildman–Crippen MR) is 96.1 cm³/mol. The normalized spacial score (nSPS) is 15.0. The summed E-state index contributed by atoms with van der Waals surface area (Å²) in [7, 11) is 3.54. The van der Waals surface area contributed by atoms with Gasteiger partial charge in [-0.25, -0.2) is 0 Å². The molecule has 1 aliphatic rings. The van der Waals surface area contributed by atoms with Gasteiger partial charge in [0.15, 0.2) is 5.96 Å². The van der Waals surface area contributed by atoms with Crippen molar-refractivity contribution in [1.82, 2.24) is 15.5 Å². The molecular weight excluding hydrogens is 312 g/mol. The van der Waals surface area contributed by atoms with Crippen LogP contribution in [0.4, 0.5) is 0 Å². The van der Waals surface area contributed by atoms with E-state index in [1.807, 2.05) is 24.3 Å². The van der Waals surface area contributed by atoms with E-state index in [2.05, 4.69) is 20.5 Å². The molecule has 23 heavy (non-hydrogen) atoms. The fourth-order valence-electron chi connectivity index (χ4n) is 2.48. The van der Waals surface area contributed by atoms with E-state index in [-0.39, 0.29) is 0 Å². The van der Waals surface area contributed by atoms with Crippen LogP contribution in [-0.2, 0) is 11.3 Å². The Kier molecular flexibility index (Phi) is 7.65. The summed E-state index contributed by atoms with van der Waals surface area (Å²) >= 11 is 6.17. The van der Waals surface area contributed by atoms with Gasteiger partial charge in [0.2, 0.25) is 0 Å². The number of rotatable bonds is 9. The molecule has 0 bridgehead atoms. The monoisotopic (exact) mass is 338 g/mol. The van der Waals surface area contributed by atoms with Gasteiger partial charge in [-0.15, -0.1) is 0 Å². The van der Waals surface area contributed by atoms with Gasteiger partial charge in [0.1, 0.15) is 0 Å². The molecule has 1 fully saturated rings. The summed E-state index contributed by atoms with van der Waals surface area (Å²) < 4.78 is 5.19. The Bertz CT molecular complexity index is 505. The number of aliphatic imine (C=N–C) groups is 1. The maximum Gasteiger partial charge on any atom is 0.191 e. The Morgan fingerprint density at radius 2 is 2.09 bits per heavy atom. The van der Waals surface area contributed by atoms with Crippen LogP contribution in [0.5, 0.6) is 0 Å². The second kappa shape index (κ2) is 9.75. The number of methoxy groups -OCH3 is 1. The fourth-order valence-corrected chi connectivity index (χ4v) is 2.69. The lowest BCUT2D eigenvalue weighted by Crippen LogP contribution is -2.42. The Labute approximate surface area is 144 Å². The molecule has 0 spiro atoms. The van der Waals surface area contributed by atoms with Crippen molar-refractivity contribution in [2.24, 2.45) is 4.99 Å². The summed E-state index contributed by atoms with van der Waals surface area (Å²) in [4.78, 5) is 6.74. The predicted octanol–water partition coefficient (Wildman–Crippen LogP) is 2.12. The average Bonchev–Trinajstić information content (AvgIpc) is 3.40. The van der Waals surface area contributed by atoms with Gasteiger partial charge >= 0.3 is 0 Å². The maximum atomic E-state index is 6.17. The second-order valence-corrected chi connectivity index (χ2v) is 6.11. The first-order chi connectivity index (χ1) is 11.2. The lowest BCUT2D eigenvalue weighted by molar-refractivity contribution is 0.144. The molecule has 0 amide bonds. The first-order valence-corrected chi connectivity index (χ1v) is 8.53. The molecule has 128 valence electrons. The first-order valence-electron chi connectivity index (χ1n) is 8.15. The van der Waals surface area contributed by atoms with Crippen molar-refractivity contribution >= 4 is 17.6 Å². The number of benzene rings is 1. The lowest BCUT2D eigenvalue weighted by atomic mass is 10.2. The molecule has 0 unspecified atom stereocenters. The minimum atomic E-state index is 0.662. The number of ether oxygens (including phenoxy) is 1. The fraction of sp³-hybridized carbons (Fsp3) is 0.588. The van der Waals surface area contributed by atoms with Crippen molar-refractivity contribution in [1.29, 1.82) is 0 Å². The van der Waals surface area contributed by atoms with Gasteiger partial charge in [0.05, 0.1) is 6.61 Å². The summed E-state index contributed by atoms with van der Waals surface area (Å²) in [6.45, 7) is 4.31. The molecule has 6 heteroatoms. The number of nitrogens with zero attached hydrogens (tertiary/aromatic N) is 2. The van der Waals surface area contributed by atoms with Gasteiger partial charge in [-0.3, -0.25) is 9.89 Å². The van der Waals surface area contributed by atoms with Crippen LogP contribution in [0.3, 0.4) is 0 Å². The number of guanidine groups is 1. The van der Waals surface area contributed by atoms with Crippen molar-refractivity contribution in [3.63, 3.8) is 0 Å². The van der Waals surface area contributed by atoms with Crippen LogP contribution in [0.1, 0.15) is 18.4 Å². The SMILES string of the molecule is CN=C(NCCN(CCOC)C1CC1)NCc1ccccc1Cl. The van der Waals surface area contributed by atoms with E-state index in [1.54, 1.807) is 14.2 Å². The van der Waals surface area contributed by atoms with Crippen molar-refractivity contribution in [2.45, 2.75) is 25.4 Å². The van der Waals surface area contributed by atoms with Crippen molar-refractivity contribution < 1.29 is 4.74 Å².